The van der Waals surface area contributed by atoms with Crippen molar-refractivity contribution in [2.24, 2.45) is 0 Å². The second kappa shape index (κ2) is 8.95. The number of hydrogen-bond acceptors (Lipinski definition) is 7. The molecular formula is C20H22N6O2S. The Morgan fingerprint density at radius 1 is 1.14 bits per heavy atom. The molecule has 1 N–H and O–H groups in total. The highest BCUT2D eigenvalue weighted by molar-refractivity contribution is 7.99. The molecule has 29 heavy (non-hydrogen) atoms. The first-order valence-corrected chi connectivity index (χ1v) is 10.4. The minimum atomic E-state index is -0.113. The van der Waals surface area contributed by atoms with Crippen molar-refractivity contribution in [3.63, 3.8) is 0 Å². The summed E-state index contributed by atoms with van der Waals surface area (Å²) in [6.45, 7) is 2.20. The molecule has 150 valence electrons. The number of methoxy groups -OCH3 is 1. The van der Waals surface area contributed by atoms with Gasteiger partial charge in [0.05, 0.1) is 12.9 Å². The quantitative estimate of drug-likeness (QED) is 0.599. The van der Waals surface area contributed by atoms with Crippen molar-refractivity contribution in [1.29, 1.82) is 0 Å². The lowest BCUT2D eigenvalue weighted by molar-refractivity contribution is -0.113. The van der Waals surface area contributed by atoms with Crippen LogP contribution in [0, 0.1) is 0 Å². The van der Waals surface area contributed by atoms with E-state index in [0.717, 1.165) is 24.5 Å². The number of thioether (sulfide) groups is 1. The molecule has 0 unspecified atom stereocenters. The van der Waals surface area contributed by atoms with Gasteiger partial charge < -0.3 is 15.0 Å². The van der Waals surface area contributed by atoms with Gasteiger partial charge in [-0.1, -0.05) is 23.9 Å². The number of benzene rings is 2. The van der Waals surface area contributed by atoms with E-state index in [-0.39, 0.29) is 11.7 Å². The van der Waals surface area contributed by atoms with E-state index in [0.29, 0.717) is 10.9 Å². The Balaban J connectivity index is 1.36. The highest BCUT2D eigenvalue weighted by Crippen LogP contribution is 2.26. The molecule has 0 bridgehead atoms. The van der Waals surface area contributed by atoms with E-state index in [9.17, 15) is 4.79 Å². The number of ether oxygens (including phenoxy) is 1. The second-order valence-corrected chi connectivity index (χ2v) is 7.57. The lowest BCUT2D eigenvalue weighted by atomic mass is 10.2. The highest BCUT2D eigenvalue weighted by Gasteiger charge is 2.15. The third-order valence-electron chi connectivity index (χ3n) is 4.71. The molecule has 0 atom stereocenters. The van der Waals surface area contributed by atoms with E-state index in [1.54, 1.807) is 11.8 Å². The van der Waals surface area contributed by atoms with Gasteiger partial charge >= 0.3 is 0 Å². The average Bonchev–Trinajstić information content (AvgIpc) is 3.45. The van der Waals surface area contributed by atoms with Gasteiger partial charge in [-0.15, -0.1) is 5.10 Å². The molecule has 0 spiro atoms. The number of amides is 1. The van der Waals surface area contributed by atoms with Gasteiger partial charge in [0.1, 0.15) is 11.4 Å². The van der Waals surface area contributed by atoms with E-state index in [1.807, 2.05) is 36.4 Å². The van der Waals surface area contributed by atoms with Crippen molar-refractivity contribution < 1.29 is 9.53 Å². The standard InChI is InChI=1S/C20H22N6O2S/c1-28-18-7-3-2-6-17(18)26-20(22-23-24-26)29-14-19(27)21-15-8-10-16(11-9-15)25-12-4-5-13-25/h2-3,6-11H,4-5,12-14H2,1H3,(H,21,27). The van der Waals surface area contributed by atoms with Crippen LogP contribution in [0.1, 0.15) is 12.8 Å². The molecule has 1 aliphatic heterocycles. The predicted octanol–water partition coefficient (Wildman–Crippen LogP) is 3.00. The number of tetrazole rings is 1. The lowest BCUT2D eigenvalue weighted by Crippen LogP contribution is -2.18. The number of nitrogens with zero attached hydrogens (tertiary/aromatic N) is 5. The monoisotopic (exact) mass is 410 g/mol. The smallest absolute Gasteiger partial charge is 0.234 e. The van der Waals surface area contributed by atoms with Crippen molar-refractivity contribution in [2.75, 3.05) is 36.2 Å². The van der Waals surface area contributed by atoms with Gasteiger partial charge in [0, 0.05) is 24.5 Å². The van der Waals surface area contributed by atoms with Crippen LogP contribution in [0.2, 0.25) is 0 Å². The van der Waals surface area contributed by atoms with E-state index in [2.05, 4.69) is 37.9 Å². The summed E-state index contributed by atoms with van der Waals surface area (Å²) in [6, 6.07) is 15.4. The first-order chi connectivity index (χ1) is 14.2. The summed E-state index contributed by atoms with van der Waals surface area (Å²) in [6.07, 6.45) is 2.48. The molecule has 2 aromatic carbocycles. The maximum Gasteiger partial charge on any atom is 0.234 e. The van der Waals surface area contributed by atoms with Gasteiger partial charge in [-0.3, -0.25) is 4.79 Å². The van der Waals surface area contributed by atoms with E-state index in [4.69, 9.17) is 4.74 Å². The first kappa shape index (κ1) is 19.3. The number of rotatable bonds is 7. The van der Waals surface area contributed by atoms with Gasteiger partial charge in [-0.25, -0.2) is 0 Å². The van der Waals surface area contributed by atoms with Crippen molar-refractivity contribution >= 4 is 29.0 Å². The molecule has 1 fully saturated rings. The molecule has 1 aliphatic rings. The first-order valence-electron chi connectivity index (χ1n) is 9.44. The molecule has 0 radical (unpaired) electrons. The van der Waals surface area contributed by atoms with Gasteiger partial charge in [0.25, 0.3) is 0 Å². The lowest BCUT2D eigenvalue weighted by Gasteiger charge is -2.17. The zero-order valence-corrected chi connectivity index (χ0v) is 16.9. The Bertz CT molecular complexity index is 969. The molecule has 2 heterocycles. The zero-order chi connectivity index (χ0) is 20.1. The fourth-order valence-corrected chi connectivity index (χ4v) is 3.97. The summed E-state index contributed by atoms with van der Waals surface area (Å²) in [4.78, 5) is 14.7. The predicted molar refractivity (Wildman–Crippen MR) is 113 cm³/mol. The van der Waals surface area contributed by atoms with Crippen molar-refractivity contribution in [1.82, 2.24) is 20.2 Å². The molecule has 1 aromatic heterocycles. The minimum absolute atomic E-state index is 0.113. The Labute approximate surface area is 173 Å². The number of aromatic nitrogens is 4. The molecule has 3 aromatic rings. The third kappa shape index (κ3) is 4.51. The maximum atomic E-state index is 12.4. The topological polar surface area (TPSA) is 85.2 Å². The van der Waals surface area contributed by atoms with Crippen LogP contribution in [0.5, 0.6) is 5.75 Å². The van der Waals surface area contributed by atoms with Crippen molar-refractivity contribution in [3.05, 3.63) is 48.5 Å². The summed E-state index contributed by atoms with van der Waals surface area (Å²) in [5.74, 6) is 0.742. The van der Waals surface area contributed by atoms with Crippen LogP contribution in [-0.2, 0) is 4.79 Å². The number of hydrogen-bond donors (Lipinski definition) is 1. The maximum absolute atomic E-state index is 12.4. The molecule has 4 rings (SSSR count). The largest absolute Gasteiger partial charge is 0.494 e. The number of anilines is 2. The summed E-state index contributed by atoms with van der Waals surface area (Å²) in [5.41, 5.74) is 2.70. The number of nitrogens with one attached hydrogen (secondary N) is 1. The van der Waals surface area contributed by atoms with Crippen LogP contribution in [0.3, 0.4) is 0 Å². The molecular weight excluding hydrogens is 388 g/mol. The molecule has 9 heteroatoms. The fourth-order valence-electron chi connectivity index (χ4n) is 3.28. The van der Waals surface area contributed by atoms with Crippen LogP contribution >= 0.6 is 11.8 Å². The normalized spacial score (nSPS) is 13.5. The van der Waals surface area contributed by atoms with E-state index < -0.39 is 0 Å². The van der Waals surface area contributed by atoms with Gasteiger partial charge in [-0.2, -0.15) is 4.68 Å². The summed E-state index contributed by atoms with van der Waals surface area (Å²) in [7, 11) is 1.60. The van der Waals surface area contributed by atoms with Crippen molar-refractivity contribution in [3.8, 4) is 11.4 Å². The van der Waals surface area contributed by atoms with Crippen LogP contribution in [0.15, 0.2) is 53.7 Å². The van der Waals surface area contributed by atoms with Gasteiger partial charge in [-0.05, 0) is 59.7 Å². The third-order valence-corrected chi connectivity index (χ3v) is 5.63. The second-order valence-electron chi connectivity index (χ2n) is 6.62. The Hall–Kier alpha value is -3.07. The van der Waals surface area contributed by atoms with Crippen LogP contribution in [0.4, 0.5) is 11.4 Å². The Morgan fingerprint density at radius 3 is 2.66 bits per heavy atom. The summed E-state index contributed by atoms with van der Waals surface area (Å²) < 4.78 is 6.94. The van der Waals surface area contributed by atoms with Crippen molar-refractivity contribution in [2.45, 2.75) is 18.0 Å². The number of carbonyl (C=O) groups is 1. The molecule has 0 aliphatic carbocycles. The zero-order valence-electron chi connectivity index (χ0n) is 16.1. The highest BCUT2D eigenvalue weighted by atomic mass is 32.2. The average molecular weight is 411 g/mol. The fraction of sp³-hybridized carbons (Fsp3) is 0.300. The number of carbonyl (C=O) groups excluding carboxylic acids is 1. The van der Waals surface area contributed by atoms with Crippen LogP contribution in [0.25, 0.3) is 5.69 Å². The molecule has 1 amide bonds. The van der Waals surface area contributed by atoms with Gasteiger partial charge in [0.2, 0.25) is 11.1 Å². The van der Waals surface area contributed by atoms with Gasteiger partial charge in [0.15, 0.2) is 0 Å². The summed E-state index contributed by atoms with van der Waals surface area (Å²) >= 11 is 1.27. The van der Waals surface area contributed by atoms with E-state index >= 15 is 0 Å². The van der Waals surface area contributed by atoms with E-state index in [1.165, 1.54) is 30.3 Å². The van der Waals surface area contributed by atoms with Crippen LogP contribution in [-0.4, -0.2) is 52.1 Å². The molecule has 1 saturated heterocycles. The Morgan fingerprint density at radius 2 is 1.90 bits per heavy atom. The summed E-state index contributed by atoms with van der Waals surface area (Å²) in [5, 5.41) is 15.2. The molecule has 8 nitrogen and oxygen atoms in total. The van der Waals surface area contributed by atoms with Crippen LogP contribution < -0.4 is 15.0 Å². The number of para-hydroxylation sites is 2. The Kier molecular flexibility index (Phi) is 5.95. The SMILES string of the molecule is COc1ccccc1-n1nnnc1SCC(=O)Nc1ccc(N2CCCC2)cc1. The molecule has 0 saturated carbocycles. The minimum Gasteiger partial charge on any atom is -0.494 e.